The van der Waals surface area contributed by atoms with Crippen molar-refractivity contribution >= 4 is 5.69 Å². The van der Waals surface area contributed by atoms with Crippen LogP contribution in [0.4, 0.5) is 5.69 Å². The van der Waals surface area contributed by atoms with Crippen LogP contribution in [-0.4, -0.2) is 30.5 Å². The Bertz CT molecular complexity index is 384. The number of benzene rings is 1. The molecule has 0 saturated heterocycles. The summed E-state index contributed by atoms with van der Waals surface area (Å²) in [6.45, 7) is 0. The number of hydrogen-bond donors (Lipinski definition) is 5. The monoisotopic (exact) mass is 203 g/mol. The second-order valence-corrected chi connectivity index (χ2v) is 2.35. The summed E-state index contributed by atoms with van der Waals surface area (Å²) in [5.41, 5.74) is -1.28. The van der Waals surface area contributed by atoms with E-state index in [1.165, 1.54) is 0 Å². The molecule has 0 amide bonds. The molecule has 0 aliphatic heterocycles. The molecular weight excluding hydrogens is 198 g/mol. The lowest BCUT2D eigenvalue weighted by Crippen LogP contribution is -1.90. The molecular formula is C6H5NO7. The normalized spacial score (nSPS) is 10.0. The molecule has 0 spiro atoms. The topological polar surface area (TPSA) is 144 Å². The van der Waals surface area contributed by atoms with Gasteiger partial charge in [0.1, 0.15) is 0 Å². The molecule has 1 rings (SSSR count). The molecule has 0 unspecified atom stereocenters. The van der Waals surface area contributed by atoms with Crippen LogP contribution in [0.25, 0.3) is 0 Å². The predicted molar refractivity (Wildman–Crippen MR) is 41.4 cm³/mol. The molecule has 0 heterocycles. The van der Waals surface area contributed by atoms with Crippen molar-refractivity contribution in [3.8, 4) is 28.7 Å². The fourth-order valence-corrected chi connectivity index (χ4v) is 0.846. The summed E-state index contributed by atoms with van der Waals surface area (Å²) in [7, 11) is 0. The molecule has 1 aromatic carbocycles. The van der Waals surface area contributed by atoms with Crippen LogP contribution in [0.5, 0.6) is 28.7 Å². The molecule has 0 fully saturated rings. The maximum atomic E-state index is 10.2. The van der Waals surface area contributed by atoms with Crippen molar-refractivity contribution in [2.24, 2.45) is 0 Å². The van der Waals surface area contributed by atoms with Gasteiger partial charge in [-0.1, -0.05) is 0 Å². The van der Waals surface area contributed by atoms with Gasteiger partial charge in [0.2, 0.25) is 28.7 Å². The van der Waals surface area contributed by atoms with Gasteiger partial charge in [0.05, 0.1) is 4.92 Å². The van der Waals surface area contributed by atoms with E-state index in [-0.39, 0.29) is 0 Å². The van der Waals surface area contributed by atoms with Crippen LogP contribution in [0.1, 0.15) is 0 Å². The molecule has 0 aliphatic rings. The molecule has 0 bridgehead atoms. The Morgan fingerprint density at radius 2 is 1.07 bits per heavy atom. The number of nitrogens with zero attached hydrogens (tertiary/aromatic N) is 1. The first-order chi connectivity index (χ1) is 6.37. The second-order valence-electron chi connectivity index (χ2n) is 2.35. The Kier molecular flexibility index (Phi) is 1.97. The smallest absolute Gasteiger partial charge is 0.360 e. The largest absolute Gasteiger partial charge is 0.502 e. The average molecular weight is 203 g/mol. The van der Waals surface area contributed by atoms with Gasteiger partial charge in [0.15, 0.2) is 0 Å². The molecule has 76 valence electrons. The van der Waals surface area contributed by atoms with E-state index in [9.17, 15) is 10.1 Å². The highest BCUT2D eigenvalue weighted by Crippen LogP contribution is 2.54. The summed E-state index contributed by atoms with van der Waals surface area (Å²) >= 11 is 0. The van der Waals surface area contributed by atoms with E-state index in [0.29, 0.717) is 0 Å². The van der Waals surface area contributed by atoms with Gasteiger partial charge in [0, 0.05) is 0 Å². The van der Waals surface area contributed by atoms with Crippen molar-refractivity contribution in [2.75, 3.05) is 0 Å². The second kappa shape index (κ2) is 2.83. The lowest BCUT2D eigenvalue weighted by molar-refractivity contribution is -0.387. The number of phenolic OH excluding ortho intramolecular Hbond substituents is 5. The quantitative estimate of drug-likeness (QED) is 0.188. The molecule has 0 saturated carbocycles. The summed E-state index contributed by atoms with van der Waals surface area (Å²) in [5.74, 6) is -6.41. The van der Waals surface area contributed by atoms with Crippen LogP contribution >= 0.6 is 0 Å². The lowest BCUT2D eigenvalue weighted by Gasteiger charge is -2.05. The Balaban J connectivity index is 3.68. The van der Waals surface area contributed by atoms with E-state index in [4.69, 9.17) is 25.5 Å². The number of nitro groups is 1. The maximum absolute atomic E-state index is 10.2. The molecule has 0 atom stereocenters. The van der Waals surface area contributed by atoms with Crippen LogP contribution < -0.4 is 0 Å². The van der Waals surface area contributed by atoms with Crippen molar-refractivity contribution < 1.29 is 30.5 Å². The first-order valence-corrected chi connectivity index (χ1v) is 3.21. The number of rotatable bonds is 1. The van der Waals surface area contributed by atoms with Crippen molar-refractivity contribution in [3.63, 3.8) is 0 Å². The highest BCUT2D eigenvalue weighted by atomic mass is 16.6. The fraction of sp³-hybridized carbons (Fsp3) is 0. The third kappa shape index (κ3) is 1.09. The van der Waals surface area contributed by atoms with Gasteiger partial charge >= 0.3 is 5.69 Å². The fourth-order valence-electron chi connectivity index (χ4n) is 0.846. The number of phenols is 5. The van der Waals surface area contributed by atoms with Crippen molar-refractivity contribution in [1.82, 2.24) is 0 Å². The predicted octanol–water partition coefficient (Wildman–Crippen LogP) is 0.123. The minimum Gasteiger partial charge on any atom is -0.502 e. The maximum Gasteiger partial charge on any atom is 0.360 e. The van der Waals surface area contributed by atoms with Crippen LogP contribution in [0.15, 0.2) is 0 Å². The zero-order chi connectivity index (χ0) is 11.0. The van der Waals surface area contributed by atoms with E-state index in [2.05, 4.69) is 0 Å². The van der Waals surface area contributed by atoms with E-state index >= 15 is 0 Å². The Hall–Kier alpha value is -2.38. The third-order valence-electron chi connectivity index (χ3n) is 1.53. The van der Waals surface area contributed by atoms with Crippen molar-refractivity contribution in [1.29, 1.82) is 0 Å². The van der Waals surface area contributed by atoms with Gasteiger partial charge in [-0.25, -0.2) is 0 Å². The van der Waals surface area contributed by atoms with Gasteiger partial charge < -0.3 is 25.5 Å². The molecule has 0 radical (unpaired) electrons. The van der Waals surface area contributed by atoms with Crippen LogP contribution in [0.2, 0.25) is 0 Å². The average Bonchev–Trinajstić information content (AvgIpc) is 2.11. The molecule has 5 N–H and O–H groups in total. The van der Waals surface area contributed by atoms with Crippen LogP contribution in [-0.2, 0) is 0 Å². The van der Waals surface area contributed by atoms with Gasteiger partial charge in [-0.15, -0.1) is 0 Å². The van der Waals surface area contributed by atoms with E-state index < -0.39 is 39.4 Å². The first kappa shape index (κ1) is 9.71. The summed E-state index contributed by atoms with van der Waals surface area (Å²) in [6, 6.07) is 0. The number of hydrogen-bond acceptors (Lipinski definition) is 7. The summed E-state index contributed by atoms with van der Waals surface area (Å²) in [4.78, 5) is 9.02. The SMILES string of the molecule is O=[N+]([O-])c1c(O)c(O)c(O)c(O)c1O. The van der Waals surface area contributed by atoms with E-state index in [0.717, 1.165) is 0 Å². The lowest BCUT2D eigenvalue weighted by atomic mass is 10.2. The summed E-state index contributed by atoms with van der Waals surface area (Å²) < 4.78 is 0. The first-order valence-electron chi connectivity index (χ1n) is 3.21. The van der Waals surface area contributed by atoms with E-state index in [1.54, 1.807) is 0 Å². The Morgan fingerprint density at radius 3 is 1.36 bits per heavy atom. The zero-order valence-corrected chi connectivity index (χ0v) is 6.50. The Morgan fingerprint density at radius 1 is 0.786 bits per heavy atom. The van der Waals surface area contributed by atoms with Crippen molar-refractivity contribution in [3.05, 3.63) is 10.1 Å². The highest BCUT2D eigenvalue weighted by molar-refractivity contribution is 5.74. The summed E-state index contributed by atoms with van der Waals surface area (Å²) in [5, 5.41) is 54.7. The third-order valence-corrected chi connectivity index (χ3v) is 1.53. The molecule has 14 heavy (non-hydrogen) atoms. The summed E-state index contributed by atoms with van der Waals surface area (Å²) in [6.07, 6.45) is 0. The molecule has 8 heteroatoms. The molecule has 1 aromatic rings. The van der Waals surface area contributed by atoms with Gasteiger partial charge in [-0.05, 0) is 0 Å². The molecule has 8 nitrogen and oxygen atoms in total. The highest BCUT2D eigenvalue weighted by Gasteiger charge is 2.31. The molecule has 0 aromatic heterocycles. The zero-order valence-electron chi connectivity index (χ0n) is 6.50. The van der Waals surface area contributed by atoms with Gasteiger partial charge in [-0.3, -0.25) is 10.1 Å². The standard InChI is InChI=1S/C6H5NO7/c8-2-1(7(13)14)3(9)5(11)6(12)4(2)10/h8-12H. The van der Waals surface area contributed by atoms with Gasteiger partial charge in [-0.2, -0.15) is 0 Å². The minimum atomic E-state index is -1.32. The molecule has 0 aliphatic carbocycles. The van der Waals surface area contributed by atoms with E-state index in [1.807, 2.05) is 0 Å². The number of nitro benzene ring substituents is 1. The number of aromatic hydroxyl groups is 5. The van der Waals surface area contributed by atoms with Crippen LogP contribution in [0, 0.1) is 10.1 Å². The van der Waals surface area contributed by atoms with Crippen LogP contribution in [0.3, 0.4) is 0 Å². The minimum absolute atomic E-state index is 1.22. The van der Waals surface area contributed by atoms with Gasteiger partial charge in [0.25, 0.3) is 0 Å². The Labute approximate surface area is 76.1 Å². The van der Waals surface area contributed by atoms with Crippen molar-refractivity contribution in [2.45, 2.75) is 0 Å².